The minimum absolute atomic E-state index is 0.0129. The van der Waals surface area contributed by atoms with Gasteiger partial charge in [0.25, 0.3) is 0 Å². The molecule has 0 aromatic rings. The van der Waals surface area contributed by atoms with Gasteiger partial charge in [-0.05, 0) is 25.7 Å². The molecule has 2 rings (SSSR count). The fourth-order valence-electron chi connectivity index (χ4n) is 3.16. The summed E-state index contributed by atoms with van der Waals surface area (Å²) in [5.74, 6) is 0. The number of nitrogens with one attached hydrogen (secondary N) is 1. The molecule has 1 saturated carbocycles. The van der Waals surface area contributed by atoms with Crippen molar-refractivity contribution in [3.8, 4) is 0 Å². The SMILES string of the molecule is COC1CCCC(CO)(N2CCNCC2)C1. The monoisotopic (exact) mass is 228 g/mol. The number of nitrogens with zero attached hydrogens (tertiary/aromatic N) is 1. The van der Waals surface area contributed by atoms with Crippen molar-refractivity contribution in [2.24, 2.45) is 0 Å². The highest BCUT2D eigenvalue weighted by Crippen LogP contribution is 2.34. The van der Waals surface area contributed by atoms with E-state index in [0.29, 0.717) is 6.10 Å². The Hall–Kier alpha value is -0.160. The second kappa shape index (κ2) is 5.45. The van der Waals surface area contributed by atoms with Crippen molar-refractivity contribution in [1.82, 2.24) is 10.2 Å². The number of piperazine rings is 1. The average Bonchev–Trinajstić information content (AvgIpc) is 2.39. The summed E-state index contributed by atoms with van der Waals surface area (Å²) in [6.07, 6.45) is 4.74. The number of hydrogen-bond donors (Lipinski definition) is 2. The van der Waals surface area contributed by atoms with Gasteiger partial charge in [0.1, 0.15) is 0 Å². The lowest BCUT2D eigenvalue weighted by atomic mass is 9.79. The van der Waals surface area contributed by atoms with E-state index in [2.05, 4.69) is 10.2 Å². The number of ether oxygens (including phenoxy) is 1. The second-order valence-corrected chi connectivity index (χ2v) is 5.07. The molecular formula is C12H24N2O2. The van der Waals surface area contributed by atoms with Crippen LogP contribution in [0.3, 0.4) is 0 Å². The first-order valence-electron chi connectivity index (χ1n) is 6.40. The van der Waals surface area contributed by atoms with Crippen LogP contribution in [0.15, 0.2) is 0 Å². The summed E-state index contributed by atoms with van der Waals surface area (Å²) >= 11 is 0. The molecule has 0 spiro atoms. The predicted molar refractivity (Wildman–Crippen MR) is 63.5 cm³/mol. The first-order chi connectivity index (χ1) is 7.80. The average molecular weight is 228 g/mol. The van der Waals surface area contributed by atoms with Gasteiger partial charge in [0.05, 0.1) is 12.7 Å². The van der Waals surface area contributed by atoms with Crippen molar-refractivity contribution < 1.29 is 9.84 Å². The maximum absolute atomic E-state index is 9.79. The van der Waals surface area contributed by atoms with Crippen LogP contribution in [0.2, 0.25) is 0 Å². The fourth-order valence-corrected chi connectivity index (χ4v) is 3.16. The zero-order valence-corrected chi connectivity index (χ0v) is 10.2. The summed E-state index contributed by atoms with van der Waals surface area (Å²) in [5.41, 5.74) is -0.0129. The van der Waals surface area contributed by atoms with E-state index in [1.807, 2.05) is 0 Å². The number of hydrogen-bond acceptors (Lipinski definition) is 4. The van der Waals surface area contributed by atoms with Crippen LogP contribution in [-0.4, -0.2) is 61.5 Å². The third-order valence-corrected chi connectivity index (χ3v) is 4.19. The maximum Gasteiger partial charge on any atom is 0.0616 e. The fraction of sp³-hybridized carbons (Fsp3) is 1.00. The second-order valence-electron chi connectivity index (χ2n) is 5.07. The topological polar surface area (TPSA) is 44.7 Å². The van der Waals surface area contributed by atoms with Gasteiger partial charge in [-0.25, -0.2) is 0 Å². The smallest absolute Gasteiger partial charge is 0.0616 e. The van der Waals surface area contributed by atoms with Crippen molar-refractivity contribution in [2.45, 2.75) is 37.3 Å². The summed E-state index contributed by atoms with van der Waals surface area (Å²) in [6, 6.07) is 0. The Labute approximate surface area is 98.0 Å². The van der Waals surface area contributed by atoms with Gasteiger partial charge >= 0.3 is 0 Å². The van der Waals surface area contributed by atoms with Gasteiger partial charge in [0.2, 0.25) is 0 Å². The Morgan fingerprint density at radius 3 is 2.81 bits per heavy atom. The third-order valence-electron chi connectivity index (χ3n) is 4.19. The van der Waals surface area contributed by atoms with Crippen LogP contribution in [0.4, 0.5) is 0 Å². The van der Waals surface area contributed by atoms with Crippen LogP contribution in [-0.2, 0) is 4.74 Å². The van der Waals surface area contributed by atoms with Crippen LogP contribution < -0.4 is 5.32 Å². The number of rotatable bonds is 3. The van der Waals surface area contributed by atoms with E-state index in [4.69, 9.17) is 4.74 Å². The highest BCUT2D eigenvalue weighted by atomic mass is 16.5. The van der Waals surface area contributed by atoms with E-state index in [9.17, 15) is 5.11 Å². The zero-order valence-electron chi connectivity index (χ0n) is 10.2. The first-order valence-corrected chi connectivity index (χ1v) is 6.40. The third kappa shape index (κ3) is 2.40. The molecule has 0 aromatic carbocycles. The summed E-state index contributed by atoms with van der Waals surface area (Å²) in [5, 5.41) is 13.2. The van der Waals surface area contributed by atoms with Gasteiger partial charge in [0.15, 0.2) is 0 Å². The van der Waals surface area contributed by atoms with E-state index in [-0.39, 0.29) is 12.1 Å². The van der Waals surface area contributed by atoms with Gasteiger partial charge in [0, 0.05) is 38.8 Å². The molecule has 0 radical (unpaired) electrons. The molecule has 0 amide bonds. The summed E-state index contributed by atoms with van der Waals surface area (Å²) in [6.45, 7) is 4.46. The zero-order chi connectivity index (χ0) is 11.4. The van der Waals surface area contributed by atoms with Gasteiger partial charge in [-0.15, -0.1) is 0 Å². The molecule has 2 unspecified atom stereocenters. The molecule has 16 heavy (non-hydrogen) atoms. The largest absolute Gasteiger partial charge is 0.394 e. The van der Waals surface area contributed by atoms with Crippen molar-refractivity contribution in [1.29, 1.82) is 0 Å². The van der Waals surface area contributed by atoms with Crippen LogP contribution in [0.25, 0.3) is 0 Å². The molecule has 1 aliphatic carbocycles. The first kappa shape index (κ1) is 12.3. The molecule has 2 atom stereocenters. The molecule has 2 aliphatic rings. The minimum atomic E-state index is -0.0129. The van der Waals surface area contributed by atoms with Gasteiger partial charge < -0.3 is 15.2 Å². The normalized spacial score (nSPS) is 37.5. The molecule has 1 aliphatic heterocycles. The quantitative estimate of drug-likeness (QED) is 0.725. The molecule has 2 fully saturated rings. The van der Waals surface area contributed by atoms with E-state index in [1.54, 1.807) is 7.11 Å². The Balaban J connectivity index is 2.04. The van der Waals surface area contributed by atoms with E-state index >= 15 is 0 Å². The number of aliphatic hydroxyl groups excluding tert-OH is 1. The Bertz CT molecular complexity index is 219. The molecular weight excluding hydrogens is 204 g/mol. The van der Waals surface area contributed by atoms with E-state index in [1.165, 1.54) is 6.42 Å². The molecule has 4 heteroatoms. The van der Waals surface area contributed by atoms with Crippen LogP contribution in [0.1, 0.15) is 25.7 Å². The summed E-state index contributed by atoms with van der Waals surface area (Å²) in [4.78, 5) is 2.47. The van der Waals surface area contributed by atoms with Gasteiger partial charge in [-0.2, -0.15) is 0 Å². The minimum Gasteiger partial charge on any atom is -0.394 e. The van der Waals surface area contributed by atoms with E-state index < -0.39 is 0 Å². The highest BCUT2D eigenvalue weighted by Gasteiger charge is 2.41. The molecule has 94 valence electrons. The molecule has 0 bridgehead atoms. The lowest BCUT2D eigenvalue weighted by molar-refractivity contribution is -0.0566. The standard InChI is InChI=1S/C12H24N2O2/c1-16-11-3-2-4-12(9-11,10-15)14-7-5-13-6-8-14/h11,13,15H,2-10H2,1H3. The lowest BCUT2D eigenvalue weighted by Crippen LogP contribution is -2.60. The summed E-state index contributed by atoms with van der Waals surface area (Å²) < 4.78 is 5.49. The number of methoxy groups -OCH3 is 1. The molecule has 4 nitrogen and oxygen atoms in total. The molecule has 1 heterocycles. The summed E-state index contributed by atoms with van der Waals surface area (Å²) in [7, 11) is 1.79. The lowest BCUT2D eigenvalue weighted by Gasteiger charge is -2.48. The van der Waals surface area contributed by atoms with Crippen molar-refractivity contribution in [3.05, 3.63) is 0 Å². The Morgan fingerprint density at radius 1 is 1.44 bits per heavy atom. The van der Waals surface area contributed by atoms with E-state index in [0.717, 1.165) is 45.4 Å². The van der Waals surface area contributed by atoms with Crippen molar-refractivity contribution in [3.63, 3.8) is 0 Å². The Morgan fingerprint density at radius 2 is 2.19 bits per heavy atom. The molecule has 2 N–H and O–H groups in total. The van der Waals surface area contributed by atoms with Crippen molar-refractivity contribution in [2.75, 3.05) is 39.9 Å². The van der Waals surface area contributed by atoms with Crippen LogP contribution in [0, 0.1) is 0 Å². The predicted octanol–water partition coefficient (Wildman–Crippen LogP) is 0.212. The highest BCUT2D eigenvalue weighted by molar-refractivity contribution is 4.97. The van der Waals surface area contributed by atoms with Crippen LogP contribution >= 0.6 is 0 Å². The molecule has 0 aromatic heterocycles. The van der Waals surface area contributed by atoms with Gasteiger partial charge in [-0.1, -0.05) is 0 Å². The van der Waals surface area contributed by atoms with Crippen LogP contribution in [0.5, 0.6) is 0 Å². The Kier molecular flexibility index (Phi) is 4.19. The van der Waals surface area contributed by atoms with Gasteiger partial charge in [-0.3, -0.25) is 4.90 Å². The maximum atomic E-state index is 9.79. The molecule has 1 saturated heterocycles. The van der Waals surface area contributed by atoms with Crippen molar-refractivity contribution >= 4 is 0 Å². The number of aliphatic hydroxyl groups is 1.